The molecule has 186 valence electrons. The van der Waals surface area contributed by atoms with Crippen LogP contribution in [0.25, 0.3) is 5.57 Å². The number of sulfonamides is 1. The van der Waals surface area contributed by atoms with E-state index in [0.29, 0.717) is 6.54 Å². The van der Waals surface area contributed by atoms with Gasteiger partial charge in [-0.3, -0.25) is 4.72 Å². The van der Waals surface area contributed by atoms with Gasteiger partial charge in [-0.05, 0) is 54.8 Å². The van der Waals surface area contributed by atoms with E-state index in [0.717, 1.165) is 42.7 Å². The van der Waals surface area contributed by atoms with E-state index in [9.17, 15) is 17.2 Å². The van der Waals surface area contributed by atoms with Crippen LogP contribution in [0.2, 0.25) is 5.02 Å². The summed E-state index contributed by atoms with van der Waals surface area (Å²) < 4.78 is 55.9. The fourth-order valence-electron chi connectivity index (χ4n) is 4.27. The van der Waals surface area contributed by atoms with Crippen molar-refractivity contribution in [1.82, 2.24) is 10.3 Å². The number of aromatic nitrogens is 1. The molecule has 2 atom stereocenters. The first-order chi connectivity index (χ1) is 16.8. The maximum Gasteiger partial charge on any atom is 0.266 e. The summed E-state index contributed by atoms with van der Waals surface area (Å²) in [5, 5.41) is 8.28. The minimum atomic E-state index is -4.20. The van der Waals surface area contributed by atoms with Crippen LogP contribution in [0.15, 0.2) is 58.3 Å². The normalized spacial score (nSPS) is 18.2. The molecule has 0 bridgehead atoms. The van der Waals surface area contributed by atoms with Gasteiger partial charge in [0.25, 0.3) is 10.0 Å². The van der Waals surface area contributed by atoms with Crippen LogP contribution in [0, 0.1) is 17.6 Å². The van der Waals surface area contributed by atoms with E-state index in [-0.39, 0.29) is 34.3 Å². The van der Waals surface area contributed by atoms with Crippen LogP contribution < -0.4 is 15.4 Å². The number of anilines is 2. The number of nitrogens with one attached hydrogen (secondary N) is 3. The molecule has 11 heteroatoms. The second-order valence-electron chi connectivity index (χ2n) is 8.14. The van der Waals surface area contributed by atoms with E-state index < -0.39 is 20.7 Å². The SMILES string of the molecule is CCN[C@@H]1CCC=C(c2ccc(F)cc2)[C@H]1CNc1cc(F)c(S(=O)(=O)Nc2cscn2)cc1Cl. The summed E-state index contributed by atoms with van der Waals surface area (Å²) >= 11 is 7.58. The van der Waals surface area contributed by atoms with E-state index in [1.165, 1.54) is 34.4 Å². The van der Waals surface area contributed by atoms with Gasteiger partial charge in [-0.1, -0.05) is 36.7 Å². The Morgan fingerprint density at radius 2 is 1.97 bits per heavy atom. The number of allylic oxidation sites excluding steroid dienone is 1. The van der Waals surface area contributed by atoms with Crippen LogP contribution in [0.3, 0.4) is 0 Å². The molecule has 4 rings (SSSR count). The second kappa shape index (κ2) is 11.0. The van der Waals surface area contributed by atoms with Crippen LogP contribution in [0.5, 0.6) is 0 Å². The number of rotatable bonds is 9. The summed E-state index contributed by atoms with van der Waals surface area (Å²) in [5.74, 6) is -1.12. The van der Waals surface area contributed by atoms with Gasteiger partial charge in [0.2, 0.25) is 0 Å². The predicted molar refractivity (Wildman–Crippen MR) is 137 cm³/mol. The molecule has 1 heterocycles. The Bertz CT molecular complexity index is 1300. The van der Waals surface area contributed by atoms with Crippen molar-refractivity contribution in [2.24, 2.45) is 5.92 Å². The molecule has 3 aromatic rings. The lowest BCUT2D eigenvalue weighted by Gasteiger charge is -2.34. The van der Waals surface area contributed by atoms with Crippen LogP contribution >= 0.6 is 22.9 Å². The van der Waals surface area contributed by atoms with Crippen molar-refractivity contribution in [2.75, 3.05) is 23.1 Å². The highest BCUT2D eigenvalue weighted by atomic mass is 35.5. The number of hydrogen-bond acceptors (Lipinski definition) is 6. The molecule has 0 saturated carbocycles. The maximum atomic E-state index is 14.9. The van der Waals surface area contributed by atoms with E-state index in [2.05, 4.69) is 26.4 Å². The molecule has 0 amide bonds. The van der Waals surface area contributed by atoms with Crippen molar-refractivity contribution in [3.8, 4) is 0 Å². The monoisotopic (exact) mass is 538 g/mol. The molecule has 0 unspecified atom stereocenters. The number of benzene rings is 2. The van der Waals surface area contributed by atoms with E-state index >= 15 is 0 Å². The third kappa shape index (κ3) is 6.00. The molecular weight excluding hydrogens is 514 g/mol. The number of nitrogens with zero attached hydrogens (tertiary/aromatic N) is 1. The van der Waals surface area contributed by atoms with Crippen molar-refractivity contribution in [3.05, 3.63) is 75.6 Å². The summed E-state index contributed by atoms with van der Waals surface area (Å²) in [6.45, 7) is 3.24. The molecule has 0 spiro atoms. The van der Waals surface area contributed by atoms with Crippen molar-refractivity contribution in [2.45, 2.75) is 30.7 Å². The molecule has 0 saturated heterocycles. The molecule has 35 heavy (non-hydrogen) atoms. The Labute approximate surface area is 212 Å². The fourth-order valence-corrected chi connectivity index (χ4v) is 6.21. The van der Waals surface area contributed by atoms with Crippen LogP contribution in [0.4, 0.5) is 20.3 Å². The van der Waals surface area contributed by atoms with Crippen LogP contribution in [-0.2, 0) is 10.0 Å². The van der Waals surface area contributed by atoms with Crippen molar-refractivity contribution >= 4 is 50.0 Å². The first kappa shape index (κ1) is 25.6. The number of hydrogen-bond donors (Lipinski definition) is 3. The van der Waals surface area contributed by atoms with Gasteiger partial charge in [0.05, 0.1) is 16.2 Å². The standard InChI is InChI=1S/C24H25ClF2N4O2S2/c1-2-28-21-5-3-4-17(15-6-8-16(26)9-7-15)18(21)12-29-22-11-20(27)23(10-19(22)25)35(32,33)31-24-13-34-14-30-24/h4,6-11,13-14,18,21,28-29,31H,2-3,5,12H2,1H3/t18-,21-/m1/s1. The van der Waals surface area contributed by atoms with Gasteiger partial charge in [0.1, 0.15) is 16.5 Å². The molecule has 0 radical (unpaired) electrons. The topological polar surface area (TPSA) is 83.1 Å². The molecule has 3 N–H and O–H groups in total. The minimum absolute atomic E-state index is 0.00281. The number of thiazole rings is 1. The third-order valence-electron chi connectivity index (χ3n) is 5.87. The lowest BCUT2D eigenvalue weighted by atomic mass is 9.79. The van der Waals surface area contributed by atoms with Gasteiger partial charge in [-0.25, -0.2) is 22.2 Å². The highest BCUT2D eigenvalue weighted by molar-refractivity contribution is 7.92. The molecule has 1 aromatic heterocycles. The van der Waals surface area contributed by atoms with Crippen molar-refractivity contribution in [3.63, 3.8) is 0 Å². The quantitative estimate of drug-likeness (QED) is 0.323. The molecule has 0 fully saturated rings. The highest BCUT2D eigenvalue weighted by Gasteiger charge is 2.29. The summed E-state index contributed by atoms with van der Waals surface area (Å²) in [5.41, 5.74) is 3.75. The second-order valence-corrected chi connectivity index (χ2v) is 10.9. The third-order valence-corrected chi connectivity index (χ3v) is 8.13. The fraction of sp³-hybridized carbons (Fsp3) is 0.292. The van der Waals surface area contributed by atoms with E-state index in [4.69, 9.17) is 11.6 Å². The largest absolute Gasteiger partial charge is 0.383 e. The maximum absolute atomic E-state index is 14.9. The Morgan fingerprint density at radius 1 is 1.20 bits per heavy atom. The number of halogens is 3. The average Bonchev–Trinajstić information content (AvgIpc) is 3.33. The molecule has 1 aliphatic rings. The van der Waals surface area contributed by atoms with Crippen LogP contribution in [-0.4, -0.2) is 32.5 Å². The molecule has 1 aliphatic carbocycles. The zero-order valence-corrected chi connectivity index (χ0v) is 21.3. The van der Waals surface area contributed by atoms with Crippen molar-refractivity contribution in [1.29, 1.82) is 0 Å². The summed E-state index contributed by atoms with van der Waals surface area (Å²) in [7, 11) is -4.20. The molecule has 2 aromatic carbocycles. The zero-order chi connectivity index (χ0) is 25.0. The van der Waals surface area contributed by atoms with Gasteiger partial charge in [0.15, 0.2) is 5.82 Å². The Balaban J connectivity index is 1.56. The summed E-state index contributed by atoms with van der Waals surface area (Å²) in [6, 6.07) is 8.71. The van der Waals surface area contributed by atoms with Gasteiger partial charge in [-0.2, -0.15) is 0 Å². The zero-order valence-electron chi connectivity index (χ0n) is 18.9. The van der Waals surface area contributed by atoms with Crippen LogP contribution in [0.1, 0.15) is 25.3 Å². The van der Waals surface area contributed by atoms with Gasteiger partial charge in [-0.15, -0.1) is 11.3 Å². The first-order valence-corrected chi connectivity index (χ1v) is 13.9. The first-order valence-electron chi connectivity index (χ1n) is 11.1. The van der Waals surface area contributed by atoms with Crippen molar-refractivity contribution < 1.29 is 17.2 Å². The van der Waals surface area contributed by atoms with E-state index in [1.54, 1.807) is 12.1 Å². The highest BCUT2D eigenvalue weighted by Crippen LogP contribution is 2.35. The summed E-state index contributed by atoms with van der Waals surface area (Å²) in [4.78, 5) is 3.31. The minimum Gasteiger partial charge on any atom is -0.383 e. The Hall–Kier alpha value is -2.53. The summed E-state index contributed by atoms with van der Waals surface area (Å²) in [6.07, 6.45) is 3.96. The Morgan fingerprint density at radius 3 is 2.66 bits per heavy atom. The van der Waals surface area contributed by atoms with E-state index in [1.807, 2.05) is 6.92 Å². The average molecular weight is 539 g/mol. The van der Waals surface area contributed by atoms with Gasteiger partial charge >= 0.3 is 0 Å². The molecule has 0 aliphatic heterocycles. The molecular formula is C24H25ClF2N4O2S2. The predicted octanol–water partition coefficient (Wildman–Crippen LogP) is 5.76. The Kier molecular flexibility index (Phi) is 8.05. The lowest BCUT2D eigenvalue weighted by Crippen LogP contribution is -2.41. The molecule has 6 nitrogen and oxygen atoms in total. The van der Waals surface area contributed by atoms with Gasteiger partial charge in [0, 0.05) is 23.9 Å². The smallest absolute Gasteiger partial charge is 0.266 e. The van der Waals surface area contributed by atoms with Gasteiger partial charge < -0.3 is 10.6 Å². The lowest BCUT2D eigenvalue weighted by molar-refractivity contribution is 0.403.